The maximum absolute atomic E-state index is 8.96. The highest BCUT2D eigenvalue weighted by atomic mass is 35.5. The highest BCUT2D eigenvalue weighted by molar-refractivity contribution is 6.30. The van der Waals surface area contributed by atoms with Gasteiger partial charge in [0.05, 0.1) is 17.8 Å². The summed E-state index contributed by atoms with van der Waals surface area (Å²) in [6, 6.07) is 14.6. The molecule has 0 aliphatic rings. The zero-order chi connectivity index (χ0) is 17.4. The predicted octanol–water partition coefficient (Wildman–Crippen LogP) is 4.40. The monoisotopic (exact) mass is 340 g/mol. The van der Waals surface area contributed by atoms with E-state index in [1.807, 2.05) is 38.1 Å². The van der Waals surface area contributed by atoms with Gasteiger partial charge >= 0.3 is 0 Å². The normalized spacial score (nSPS) is 9.58. The van der Waals surface area contributed by atoms with Crippen molar-refractivity contribution in [2.45, 2.75) is 20.5 Å². The van der Waals surface area contributed by atoms with Crippen molar-refractivity contribution in [1.82, 2.24) is 14.8 Å². The summed E-state index contributed by atoms with van der Waals surface area (Å²) in [5.41, 5.74) is 1.47. The van der Waals surface area contributed by atoms with Gasteiger partial charge in [0.15, 0.2) is 5.82 Å². The van der Waals surface area contributed by atoms with Crippen LogP contribution in [0.3, 0.4) is 0 Å². The molecule has 0 saturated carbocycles. The Balaban J connectivity index is 0.00000100. The quantitative estimate of drug-likeness (QED) is 0.706. The zero-order valence-electron chi connectivity index (χ0n) is 13.5. The highest BCUT2D eigenvalue weighted by Crippen LogP contribution is 2.18. The Hall–Kier alpha value is -2.84. The molecule has 5 nitrogen and oxygen atoms in total. The van der Waals surface area contributed by atoms with E-state index in [4.69, 9.17) is 21.6 Å². The van der Waals surface area contributed by atoms with E-state index in [1.165, 1.54) is 0 Å². The summed E-state index contributed by atoms with van der Waals surface area (Å²) in [7, 11) is 0. The number of aromatic nitrogens is 3. The van der Waals surface area contributed by atoms with Crippen molar-refractivity contribution in [2.24, 2.45) is 0 Å². The summed E-state index contributed by atoms with van der Waals surface area (Å²) in [5, 5.41) is 13.8. The van der Waals surface area contributed by atoms with Crippen molar-refractivity contribution in [3.8, 4) is 17.8 Å². The molecule has 1 aromatic carbocycles. The van der Waals surface area contributed by atoms with Crippen LogP contribution >= 0.6 is 11.6 Å². The van der Waals surface area contributed by atoms with Crippen LogP contribution in [0.5, 0.6) is 5.88 Å². The second-order valence-corrected chi connectivity index (χ2v) is 4.95. The molecular formula is C18H17ClN4O. The second-order valence-electron chi connectivity index (χ2n) is 4.51. The summed E-state index contributed by atoms with van der Waals surface area (Å²) >= 11 is 5.95. The van der Waals surface area contributed by atoms with E-state index >= 15 is 0 Å². The van der Waals surface area contributed by atoms with Crippen LogP contribution in [0.2, 0.25) is 5.02 Å². The lowest BCUT2D eigenvalue weighted by molar-refractivity contribution is 0.284. The Kier molecular flexibility index (Phi) is 6.35. The van der Waals surface area contributed by atoms with Gasteiger partial charge in [0.2, 0.25) is 5.88 Å². The van der Waals surface area contributed by atoms with Crippen LogP contribution < -0.4 is 4.74 Å². The average Bonchev–Trinajstić information content (AvgIpc) is 3.10. The van der Waals surface area contributed by atoms with E-state index in [-0.39, 0.29) is 0 Å². The summed E-state index contributed by atoms with van der Waals surface area (Å²) < 4.78 is 7.31. The SMILES string of the molecule is CC.N#Cc1ccnc(-n2nccc2OCc2cccc(Cl)c2)c1. The Morgan fingerprint density at radius 2 is 2.00 bits per heavy atom. The third kappa shape index (κ3) is 4.34. The van der Waals surface area contributed by atoms with Crippen molar-refractivity contribution in [1.29, 1.82) is 5.26 Å². The van der Waals surface area contributed by atoms with E-state index in [2.05, 4.69) is 16.2 Å². The van der Waals surface area contributed by atoms with Crippen molar-refractivity contribution >= 4 is 11.6 Å². The van der Waals surface area contributed by atoms with Gasteiger partial charge in [0, 0.05) is 23.4 Å². The number of rotatable bonds is 4. The third-order valence-electron chi connectivity index (χ3n) is 2.98. The molecule has 0 N–H and O–H groups in total. The van der Waals surface area contributed by atoms with Crippen molar-refractivity contribution < 1.29 is 4.74 Å². The predicted molar refractivity (Wildman–Crippen MR) is 93.2 cm³/mol. The number of ether oxygens (including phenoxy) is 1. The van der Waals surface area contributed by atoms with Gasteiger partial charge in [-0.3, -0.25) is 0 Å². The number of nitrogens with zero attached hydrogens (tertiary/aromatic N) is 4. The lowest BCUT2D eigenvalue weighted by Crippen LogP contribution is -2.05. The molecule has 3 rings (SSSR count). The molecule has 2 aromatic heterocycles. The topological polar surface area (TPSA) is 63.7 Å². The second kappa shape index (κ2) is 8.70. The largest absolute Gasteiger partial charge is 0.473 e. The molecule has 0 bridgehead atoms. The fourth-order valence-corrected chi connectivity index (χ4v) is 2.17. The van der Waals surface area contributed by atoms with Gasteiger partial charge in [0.25, 0.3) is 0 Å². The van der Waals surface area contributed by atoms with Gasteiger partial charge in [-0.05, 0) is 23.8 Å². The molecule has 0 fully saturated rings. The maximum Gasteiger partial charge on any atom is 0.218 e. The van der Waals surface area contributed by atoms with Crippen molar-refractivity contribution in [3.63, 3.8) is 0 Å². The van der Waals surface area contributed by atoms with Crippen LogP contribution in [0, 0.1) is 11.3 Å². The average molecular weight is 341 g/mol. The molecule has 0 aliphatic heterocycles. The molecule has 0 aliphatic carbocycles. The van der Waals surface area contributed by atoms with Gasteiger partial charge < -0.3 is 4.74 Å². The molecule has 122 valence electrons. The van der Waals surface area contributed by atoms with Crippen LogP contribution in [0.1, 0.15) is 25.0 Å². The van der Waals surface area contributed by atoms with Crippen molar-refractivity contribution in [2.75, 3.05) is 0 Å². The molecule has 0 unspecified atom stereocenters. The Morgan fingerprint density at radius 1 is 1.17 bits per heavy atom. The lowest BCUT2D eigenvalue weighted by atomic mass is 10.2. The van der Waals surface area contributed by atoms with E-state index in [0.717, 1.165) is 5.56 Å². The summed E-state index contributed by atoms with van der Waals surface area (Å²) in [5.74, 6) is 1.08. The van der Waals surface area contributed by atoms with Gasteiger partial charge in [-0.25, -0.2) is 4.98 Å². The first-order chi connectivity index (χ1) is 11.8. The molecule has 0 saturated heterocycles. The van der Waals surface area contributed by atoms with Crippen molar-refractivity contribution in [3.05, 3.63) is 71.0 Å². The molecule has 0 radical (unpaired) electrons. The fraction of sp³-hybridized carbons (Fsp3) is 0.167. The maximum atomic E-state index is 8.96. The molecule has 0 atom stereocenters. The molecule has 0 spiro atoms. The first-order valence-corrected chi connectivity index (χ1v) is 7.92. The van der Waals surface area contributed by atoms with Gasteiger partial charge in [-0.1, -0.05) is 37.6 Å². The molecule has 0 amide bonds. The standard InChI is InChI=1S/C16H11ClN4O.C2H6/c17-14-3-1-2-13(8-14)11-22-16-5-7-20-21(16)15-9-12(10-18)4-6-19-15;1-2/h1-9H,11H2;1-2H3. The Labute approximate surface area is 146 Å². The van der Waals surface area contributed by atoms with Crippen LogP contribution in [-0.4, -0.2) is 14.8 Å². The smallest absolute Gasteiger partial charge is 0.218 e. The Morgan fingerprint density at radius 3 is 2.75 bits per heavy atom. The minimum Gasteiger partial charge on any atom is -0.473 e. The summed E-state index contributed by atoms with van der Waals surface area (Å²) in [6.45, 7) is 4.37. The number of halogens is 1. The lowest BCUT2D eigenvalue weighted by Gasteiger charge is -2.09. The van der Waals surface area contributed by atoms with Gasteiger partial charge in [-0.15, -0.1) is 0 Å². The van der Waals surface area contributed by atoms with Crippen LogP contribution in [-0.2, 0) is 6.61 Å². The minimum atomic E-state index is 0.365. The van der Waals surface area contributed by atoms with E-state index in [9.17, 15) is 0 Å². The molecule has 2 heterocycles. The van der Waals surface area contributed by atoms with Gasteiger partial charge in [-0.2, -0.15) is 15.0 Å². The minimum absolute atomic E-state index is 0.365. The first-order valence-electron chi connectivity index (χ1n) is 7.54. The molecule has 3 aromatic rings. The fourth-order valence-electron chi connectivity index (χ4n) is 1.96. The summed E-state index contributed by atoms with van der Waals surface area (Å²) in [4.78, 5) is 4.21. The first kappa shape index (κ1) is 17.5. The number of hydrogen-bond acceptors (Lipinski definition) is 4. The van der Waals surface area contributed by atoms with E-state index < -0.39 is 0 Å². The number of pyridine rings is 1. The van der Waals surface area contributed by atoms with E-state index in [1.54, 1.807) is 35.3 Å². The molecular weight excluding hydrogens is 324 g/mol. The molecule has 24 heavy (non-hydrogen) atoms. The number of benzene rings is 1. The number of nitriles is 1. The van der Waals surface area contributed by atoms with Crippen LogP contribution in [0.25, 0.3) is 5.82 Å². The van der Waals surface area contributed by atoms with Crippen LogP contribution in [0.4, 0.5) is 0 Å². The third-order valence-corrected chi connectivity index (χ3v) is 3.21. The highest BCUT2D eigenvalue weighted by Gasteiger charge is 2.08. The zero-order valence-corrected chi connectivity index (χ0v) is 14.2. The van der Waals surface area contributed by atoms with Crippen LogP contribution in [0.15, 0.2) is 54.9 Å². The van der Waals surface area contributed by atoms with Gasteiger partial charge in [0.1, 0.15) is 6.61 Å². The Bertz CT molecular complexity index is 839. The van der Waals surface area contributed by atoms with E-state index in [0.29, 0.717) is 28.9 Å². The molecule has 6 heteroatoms. The number of hydrogen-bond donors (Lipinski definition) is 0. The summed E-state index contributed by atoms with van der Waals surface area (Å²) in [6.07, 6.45) is 3.18.